The molecule has 2 N–H and O–H groups in total. The van der Waals surface area contributed by atoms with E-state index in [1.165, 1.54) is 0 Å². The van der Waals surface area contributed by atoms with Gasteiger partial charge < -0.3 is 43.6 Å². The highest BCUT2D eigenvalue weighted by atomic mass is 16.5. The summed E-state index contributed by atoms with van der Waals surface area (Å²) in [5, 5.41) is 15.9. The number of benzene rings is 4. The van der Waals surface area contributed by atoms with Crippen LogP contribution in [0.15, 0.2) is 84.9 Å². The van der Waals surface area contributed by atoms with Crippen molar-refractivity contribution in [1.82, 2.24) is 5.32 Å². The molecule has 4 aromatic rings. The van der Waals surface area contributed by atoms with Gasteiger partial charge in [-0.1, -0.05) is 54.6 Å². The molecule has 252 valence electrons. The topological polar surface area (TPSA) is 96.9 Å². The van der Waals surface area contributed by atoms with Crippen LogP contribution in [-0.4, -0.2) is 84.3 Å². The van der Waals surface area contributed by atoms with Crippen LogP contribution in [0.4, 0.5) is 0 Å². The molecule has 9 nitrogen and oxygen atoms in total. The molecule has 0 bridgehead atoms. The first kappa shape index (κ1) is 34.6. The van der Waals surface area contributed by atoms with E-state index in [4.69, 9.17) is 33.2 Å². The lowest BCUT2D eigenvalue weighted by atomic mass is 9.85. The second-order valence-corrected chi connectivity index (χ2v) is 11.7. The van der Waals surface area contributed by atoms with Gasteiger partial charge >= 0.3 is 0 Å². The molecule has 4 atom stereocenters. The maximum absolute atomic E-state index is 10.3. The summed E-state index contributed by atoms with van der Waals surface area (Å²) in [6.45, 7) is 3.74. The van der Waals surface area contributed by atoms with Crippen LogP contribution in [0.1, 0.15) is 29.0 Å². The molecule has 1 heterocycles. The predicted octanol–water partition coefficient (Wildman–Crippen LogP) is 5.51. The van der Waals surface area contributed by atoms with Gasteiger partial charge in [0.05, 0.1) is 66.1 Å². The number of hydrogen-bond acceptors (Lipinski definition) is 9. The molecule has 0 radical (unpaired) electrons. The molecule has 0 saturated carbocycles. The van der Waals surface area contributed by atoms with Crippen LogP contribution in [0.3, 0.4) is 0 Å². The summed E-state index contributed by atoms with van der Waals surface area (Å²) < 4.78 is 40.9. The van der Waals surface area contributed by atoms with Crippen LogP contribution in [0, 0.1) is 0 Å². The molecule has 0 amide bonds. The van der Waals surface area contributed by atoms with Gasteiger partial charge in [-0.3, -0.25) is 0 Å². The van der Waals surface area contributed by atoms with Crippen LogP contribution in [-0.2, 0) is 32.2 Å². The summed E-state index contributed by atoms with van der Waals surface area (Å²) in [4.78, 5) is 0. The molecule has 0 spiro atoms. The molecule has 47 heavy (non-hydrogen) atoms. The van der Waals surface area contributed by atoms with E-state index in [-0.39, 0.29) is 31.3 Å². The monoisotopic (exact) mass is 645 g/mol. The van der Waals surface area contributed by atoms with Gasteiger partial charge in [0.25, 0.3) is 0 Å². The number of fused-ring (bicyclic) bond motifs is 1. The number of hydrogen-bond donors (Lipinski definition) is 2. The summed E-state index contributed by atoms with van der Waals surface area (Å²) in [5.74, 6) is 2.39. The fourth-order valence-electron chi connectivity index (χ4n) is 6.02. The minimum absolute atomic E-state index is 0.0641. The summed E-state index contributed by atoms with van der Waals surface area (Å²) in [6, 6.07) is 28.4. The SMILES string of the molecule is COCC(O)CO[C@@H]1CNC[C@H](OCc2cc(OC)c3ccccc3c2)[C@H]1c1ccc(OCCCOCc2ccccc2OC)cc1. The van der Waals surface area contributed by atoms with E-state index >= 15 is 0 Å². The molecular weight excluding hydrogens is 598 g/mol. The van der Waals surface area contributed by atoms with E-state index < -0.39 is 6.10 Å². The Balaban J connectivity index is 1.21. The summed E-state index contributed by atoms with van der Waals surface area (Å²) in [6.07, 6.45) is -0.321. The third kappa shape index (κ3) is 9.67. The molecule has 1 saturated heterocycles. The number of nitrogens with one attached hydrogen (secondary N) is 1. The van der Waals surface area contributed by atoms with Crippen LogP contribution in [0.2, 0.25) is 0 Å². The summed E-state index contributed by atoms with van der Waals surface area (Å²) >= 11 is 0. The van der Waals surface area contributed by atoms with Crippen molar-refractivity contribution in [2.75, 3.05) is 60.8 Å². The fourth-order valence-corrected chi connectivity index (χ4v) is 6.02. The first-order valence-corrected chi connectivity index (χ1v) is 16.2. The number of aliphatic hydroxyl groups excluding tert-OH is 1. The zero-order valence-corrected chi connectivity index (χ0v) is 27.6. The maximum atomic E-state index is 10.3. The molecule has 4 aromatic carbocycles. The highest BCUT2D eigenvalue weighted by Gasteiger charge is 2.36. The van der Waals surface area contributed by atoms with Crippen LogP contribution >= 0.6 is 0 Å². The summed E-state index contributed by atoms with van der Waals surface area (Å²) in [5.41, 5.74) is 3.15. The normalized spacial score (nSPS) is 18.6. The van der Waals surface area contributed by atoms with Gasteiger partial charge in [0.15, 0.2) is 0 Å². The van der Waals surface area contributed by atoms with Gasteiger partial charge in [-0.2, -0.15) is 0 Å². The van der Waals surface area contributed by atoms with Crippen LogP contribution in [0.5, 0.6) is 17.2 Å². The van der Waals surface area contributed by atoms with Crippen molar-refractivity contribution in [3.8, 4) is 17.2 Å². The van der Waals surface area contributed by atoms with E-state index in [1.807, 2.05) is 54.6 Å². The fraction of sp³-hybridized carbons (Fsp3) is 0.421. The summed E-state index contributed by atoms with van der Waals surface area (Å²) in [7, 11) is 4.93. The number of para-hydroxylation sites is 1. The Hall–Kier alpha value is -3.70. The van der Waals surface area contributed by atoms with Crippen molar-refractivity contribution in [2.45, 2.75) is 43.9 Å². The second kappa shape index (κ2) is 18.0. The Labute approximate surface area is 277 Å². The van der Waals surface area contributed by atoms with E-state index in [9.17, 15) is 5.11 Å². The van der Waals surface area contributed by atoms with E-state index in [1.54, 1.807) is 21.3 Å². The third-order valence-electron chi connectivity index (χ3n) is 8.34. The number of methoxy groups -OCH3 is 3. The minimum atomic E-state index is -0.707. The predicted molar refractivity (Wildman–Crippen MR) is 182 cm³/mol. The molecule has 0 aliphatic carbocycles. The average molecular weight is 646 g/mol. The second-order valence-electron chi connectivity index (χ2n) is 11.7. The lowest BCUT2D eigenvalue weighted by Crippen LogP contribution is -2.51. The largest absolute Gasteiger partial charge is 0.496 e. The van der Waals surface area contributed by atoms with E-state index in [2.05, 4.69) is 35.6 Å². The minimum Gasteiger partial charge on any atom is -0.496 e. The zero-order valence-electron chi connectivity index (χ0n) is 27.6. The molecular formula is C38H47NO8. The standard InChI is InChI=1S/C38H47NO8/c1-41-25-31(40)26-47-37-22-39-21-36(46-23-27-19-29-9-4-6-11-33(29)35(20-27)43-3)38(37)28-13-15-32(16-14-28)45-18-8-17-44-24-30-10-5-7-12-34(30)42-2/h4-7,9-16,19-20,31,36-40H,8,17-18,21-26H2,1-3H3/t31?,36-,37+,38+/m0/s1. The molecule has 1 fully saturated rings. The zero-order chi connectivity index (χ0) is 32.8. The average Bonchev–Trinajstić information content (AvgIpc) is 3.11. The molecule has 1 aliphatic rings. The highest BCUT2D eigenvalue weighted by molar-refractivity contribution is 5.89. The van der Waals surface area contributed by atoms with Gasteiger partial charge in [-0.15, -0.1) is 0 Å². The number of piperidine rings is 1. The Bertz CT molecular complexity index is 1510. The van der Waals surface area contributed by atoms with Crippen molar-refractivity contribution >= 4 is 10.8 Å². The van der Waals surface area contributed by atoms with Crippen LogP contribution in [0.25, 0.3) is 10.8 Å². The Morgan fingerprint density at radius 3 is 2.30 bits per heavy atom. The Kier molecular flexibility index (Phi) is 13.3. The lowest BCUT2D eigenvalue weighted by molar-refractivity contribution is -0.0856. The van der Waals surface area contributed by atoms with Gasteiger partial charge in [0, 0.05) is 43.5 Å². The smallest absolute Gasteiger partial charge is 0.127 e. The van der Waals surface area contributed by atoms with Crippen molar-refractivity contribution in [3.05, 3.63) is 102 Å². The van der Waals surface area contributed by atoms with Gasteiger partial charge in [-0.05, 0) is 46.8 Å². The Morgan fingerprint density at radius 1 is 0.766 bits per heavy atom. The highest BCUT2D eigenvalue weighted by Crippen LogP contribution is 2.33. The van der Waals surface area contributed by atoms with E-state index in [0.717, 1.165) is 51.1 Å². The molecule has 5 rings (SSSR count). The first-order chi connectivity index (χ1) is 23.1. The van der Waals surface area contributed by atoms with Crippen molar-refractivity contribution in [3.63, 3.8) is 0 Å². The molecule has 0 aromatic heterocycles. The maximum Gasteiger partial charge on any atom is 0.127 e. The number of ether oxygens (including phenoxy) is 7. The lowest BCUT2D eigenvalue weighted by Gasteiger charge is -2.39. The molecule has 1 aliphatic heterocycles. The Morgan fingerprint density at radius 2 is 1.51 bits per heavy atom. The van der Waals surface area contributed by atoms with Gasteiger partial charge in [-0.25, -0.2) is 0 Å². The van der Waals surface area contributed by atoms with Gasteiger partial charge in [0.1, 0.15) is 23.4 Å². The van der Waals surface area contributed by atoms with Crippen LogP contribution < -0.4 is 19.5 Å². The van der Waals surface area contributed by atoms with Crippen molar-refractivity contribution in [1.29, 1.82) is 0 Å². The van der Waals surface area contributed by atoms with E-state index in [0.29, 0.717) is 39.5 Å². The van der Waals surface area contributed by atoms with Gasteiger partial charge in [0.2, 0.25) is 0 Å². The number of rotatable bonds is 18. The third-order valence-corrected chi connectivity index (χ3v) is 8.34. The molecule has 9 heteroatoms. The molecule has 1 unspecified atom stereocenters. The first-order valence-electron chi connectivity index (χ1n) is 16.2. The quantitative estimate of drug-likeness (QED) is 0.136. The van der Waals surface area contributed by atoms with Crippen molar-refractivity contribution in [2.24, 2.45) is 0 Å². The van der Waals surface area contributed by atoms with Crippen molar-refractivity contribution < 1.29 is 38.3 Å². The number of aliphatic hydroxyl groups is 1.